The number of hydrogen-bond acceptors (Lipinski definition) is 4. The molecule has 0 saturated heterocycles. The van der Waals surface area contributed by atoms with Crippen LogP contribution < -0.4 is 5.32 Å². The number of rotatable bonds is 5. The Bertz CT molecular complexity index is 572. The van der Waals surface area contributed by atoms with Gasteiger partial charge in [-0.2, -0.15) is 0 Å². The molecule has 1 atom stereocenters. The second-order valence-electron chi connectivity index (χ2n) is 4.15. The molecule has 1 aromatic heterocycles. The molecule has 1 N–H and O–H groups in total. The predicted octanol–water partition coefficient (Wildman–Crippen LogP) is 4.27. The normalized spacial score (nSPS) is 12.3. The van der Waals surface area contributed by atoms with Crippen LogP contribution in [0.4, 0.5) is 5.69 Å². The van der Waals surface area contributed by atoms with Crippen LogP contribution in [-0.4, -0.2) is 4.92 Å². The van der Waals surface area contributed by atoms with E-state index in [0.29, 0.717) is 6.54 Å². The van der Waals surface area contributed by atoms with Crippen LogP contribution in [0.5, 0.6) is 0 Å². The number of nitrogens with zero attached hydrogens (tertiary/aromatic N) is 1. The quantitative estimate of drug-likeness (QED) is 0.653. The SMILES string of the molecule is CC(NCc1ccc([N+](=O)[O-])cc1Br)c1cccs1. The molecule has 1 unspecified atom stereocenters. The lowest BCUT2D eigenvalue weighted by molar-refractivity contribution is -0.384. The number of nitro groups is 1. The van der Waals surface area contributed by atoms with Gasteiger partial charge in [0.2, 0.25) is 0 Å². The van der Waals surface area contributed by atoms with Gasteiger partial charge >= 0.3 is 0 Å². The molecular weight excluding hydrogens is 328 g/mol. The van der Waals surface area contributed by atoms with E-state index < -0.39 is 4.92 Å². The summed E-state index contributed by atoms with van der Waals surface area (Å²) in [4.78, 5) is 11.5. The number of halogens is 1. The van der Waals surface area contributed by atoms with E-state index in [0.717, 1.165) is 10.0 Å². The van der Waals surface area contributed by atoms with Gasteiger partial charge in [-0.15, -0.1) is 11.3 Å². The molecule has 1 aromatic carbocycles. The number of benzene rings is 1. The standard InChI is InChI=1S/C13H13BrN2O2S/c1-9(13-3-2-6-19-13)15-8-10-4-5-11(16(17)18)7-12(10)14/h2-7,9,15H,8H2,1H3. The maximum Gasteiger partial charge on any atom is 0.270 e. The lowest BCUT2D eigenvalue weighted by Crippen LogP contribution is -2.17. The molecule has 0 aliphatic carbocycles. The summed E-state index contributed by atoms with van der Waals surface area (Å²) in [6, 6.07) is 9.22. The minimum atomic E-state index is -0.393. The summed E-state index contributed by atoms with van der Waals surface area (Å²) in [5, 5.41) is 16.1. The zero-order valence-electron chi connectivity index (χ0n) is 10.3. The van der Waals surface area contributed by atoms with Crippen LogP contribution in [0.25, 0.3) is 0 Å². The van der Waals surface area contributed by atoms with Crippen LogP contribution in [0.15, 0.2) is 40.2 Å². The molecule has 2 aromatic rings. The molecule has 0 saturated carbocycles. The van der Waals surface area contributed by atoms with E-state index in [-0.39, 0.29) is 11.7 Å². The fourth-order valence-electron chi connectivity index (χ4n) is 1.69. The highest BCUT2D eigenvalue weighted by molar-refractivity contribution is 9.10. The maximum atomic E-state index is 10.7. The third-order valence-corrected chi connectivity index (χ3v) is 4.61. The zero-order valence-corrected chi connectivity index (χ0v) is 12.7. The van der Waals surface area contributed by atoms with E-state index in [1.54, 1.807) is 17.4 Å². The molecule has 0 spiro atoms. The van der Waals surface area contributed by atoms with Gasteiger partial charge in [0.25, 0.3) is 5.69 Å². The summed E-state index contributed by atoms with van der Waals surface area (Å²) < 4.78 is 0.757. The van der Waals surface area contributed by atoms with Crippen molar-refractivity contribution in [2.24, 2.45) is 0 Å². The van der Waals surface area contributed by atoms with Crippen LogP contribution in [-0.2, 0) is 6.54 Å². The lowest BCUT2D eigenvalue weighted by atomic mass is 10.2. The van der Waals surface area contributed by atoms with E-state index in [9.17, 15) is 10.1 Å². The summed E-state index contributed by atoms with van der Waals surface area (Å²) >= 11 is 5.09. The van der Waals surface area contributed by atoms with Crippen LogP contribution in [0.3, 0.4) is 0 Å². The number of thiophene rings is 1. The fourth-order valence-corrected chi connectivity index (χ4v) is 2.96. The average Bonchev–Trinajstić information content (AvgIpc) is 2.90. The lowest BCUT2D eigenvalue weighted by Gasteiger charge is -2.13. The van der Waals surface area contributed by atoms with E-state index in [1.165, 1.54) is 17.0 Å². The van der Waals surface area contributed by atoms with Gasteiger partial charge in [0.05, 0.1) is 4.92 Å². The van der Waals surface area contributed by atoms with E-state index in [1.807, 2.05) is 6.07 Å². The van der Waals surface area contributed by atoms with Crippen LogP contribution in [0.1, 0.15) is 23.4 Å². The molecule has 19 heavy (non-hydrogen) atoms. The van der Waals surface area contributed by atoms with Gasteiger partial charge < -0.3 is 5.32 Å². The first-order valence-electron chi connectivity index (χ1n) is 5.77. The number of non-ortho nitro benzene ring substituents is 1. The Kier molecular flexibility index (Phi) is 4.68. The summed E-state index contributed by atoms with van der Waals surface area (Å²) in [7, 11) is 0. The molecular formula is C13H13BrN2O2S. The van der Waals surface area contributed by atoms with Gasteiger partial charge in [-0.25, -0.2) is 0 Å². The van der Waals surface area contributed by atoms with Crippen LogP contribution >= 0.6 is 27.3 Å². The maximum absolute atomic E-state index is 10.7. The third kappa shape index (κ3) is 3.62. The first kappa shape index (κ1) is 14.2. The zero-order chi connectivity index (χ0) is 13.8. The molecule has 0 amide bonds. The first-order chi connectivity index (χ1) is 9.08. The van der Waals surface area contributed by atoms with E-state index in [2.05, 4.69) is 39.6 Å². The number of nitro benzene ring substituents is 1. The molecule has 0 bridgehead atoms. The van der Waals surface area contributed by atoms with Crippen molar-refractivity contribution in [1.82, 2.24) is 5.32 Å². The highest BCUT2D eigenvalue weighted by atomic mass is 79.9. The molecule has 100 valence electrons. The second kappa shape index (κ2) is 6.27. The van der Waals surface area contributed by atoms with Crippen molar-refractivity contribution >= 4 is 33.0 Å². The van der Waals surface area contributed by atoms with Crippen molar-refractivity contribution in [1.29, 1.82) is 0 Å². The van der Waals surface area contributed by atoms with Gasteiger partial charge in [0, 0.05) is 34.1 Å². The molecule has 6 heteroatoms. The van der Waals surface area contributed by atoms with Gasteiger partial charge in [-0.3, -0.25) is 10.1 Å². The van der Waals surface area contributed by atoms with Crippen molar-refractivity contribution in [2.45, 2.75) is 19.5 Å². The smallest absolute Gasteiger partial charge is 0.270 e. The highest BCUT2D eigenvalue weighted by Gasteiger charge is 2.10. The summed E-state index contributed by atoms with van der Waals surface area (Å²) in [6.45, 7) is 2.77. The van der Waals surface area contributed by atoms with Gasteiger partial charge in [0.15, 0.2) is 0 Å². The van der Waals surface area contributed by atoms with Crippen molar-refractivity contribution < 1.29 is 4.92 Å². The Morgan fingerprint density at radius 1 is 1.47 bits per heavy atom. The summed E-state index contributed by atoms with van der Waals surface area (Å²) in [5.41, 5.74) is 1.11. The molecule has 1 heterocycles. The Labute approximate surface area is 123 Å². The molecule has 2 rings (SSSR count). The first-order valence-corrected chi connectivity index (χ1v) is 7.45. The molecule has 0 aliphatic rings. The molecule has 0 radical (unpaired) electrons. The van der Waals surface area contributed by atoms with Gasteiger partial charge in [-0.05, 0) is 30.0 Å². The van der Waals surface area contributed by atoms with Crippen molar-refractivity contribution in [3.63, 3.8) is 0 Å². The van der Waals surface area contributed by atoms with E-state index in [4.69, 9.17) is 0 Å². The summed E-state index contributed by atoms with van der Waals surface area (Å²) in [5.74, 6) is 0. The van der Waals surface area contributed by atoms with Crippen LogP contribution in [0.2, 0.25) is 0 Å². The molecule has 0 aliphatic heterocycles. The minimum absolute atomic E-state index is 0.0990. The van der Waals surface area contributed by atoms with E-state index >= 15 is 0 Å². The summed E-state index contributed by atoms with van der Waals surface area (Å²) in [6.07, 6.45) is 0. The third-order valence-electron chi connectivity index (χ3n) is 2.82. The van der Waals surface area contributed by atoms with Crippen molar-refractivity contribution in [3.8, 4) is 0 Å². The fraction of sp³-hybridized carbons (Fsp3) is 0.231. The average molecular weight is 341 g/mol. The Morgan fingerprint density at radius 3 is 2.84 bits per heavy atom. The number of nitrogens with one attached hydrogen (secondary N) is 1. The van der Waals surface area contributed by atoms with Gasteiger partial charge in [-0.1, -0.05) is 22.0 Å². The highest BCUT2D eigenvalue weighted by Crippen LogP contribution is 2.24. The topological polar surface area (TPSA) is 55.2 Å². The number of hydrogen-bond donors (Lipinski definition) is 1. The minimum Gasteiger partial charge on any atom is -0.305 e. The van der Waals surface area contributed by atoms with Crippen molar-refractivity contribution in [2.75, 3.05) is 0 Å². The Hall–Kier alpha value is -1.24. The molecule has 0 fully saturated rings. The van der Waals surface area contributed by atoms with Crippen LogP contribution in [0, 0.1) is 10.1 Å². The second-order valence-corrected chi connectivity index (χ2v) is 5.98. The monoisotopic (exact) mass is 340 g/mol. The Morgan fingerprint density at radius 2 is 2.26 bits per heavy atom. The predicted molar refractivity (Wildman–Crippen MR) is 80.4 cm³/mol. The largest absolute Gasteiger partial charge is 0.305 e. The molecule has 4 nitrogen and oxygen atoms in total. The van der Waals surface area contributed by atoms with Crippen molar-refractivity contribution in [3.05, 3.63) is 60.7 Å². The van der Waals surface area contributed by atoms with Gasteiger partial charge in [0.1, 0.15) is 0 Å². The Balaban J connectivity index is 2.02.